The minimum Gasteiger partial charge on any atom is -0.347 e. The molecule has 10 heteroatoms. The molecule has 1 fully saturated rings. The van der Waals surface area contributed by atoms with Crippen molar-refractivity contribution in [3.63, 3.8) is 0 Å². The number of benzene rings is 1. The van der Waals surface area contributed by atoms with Gasteiger partial charge in [-0.2, -0.15) is 5.10 Å². The lowest BCUT2D eigenvalue weighted by Gasteiger charge is -2.20. The van der Waals surface area contributed by atoms with Gasteiger partial charge in [0.05, 0.1) is 39.4 Å². The molecule has 3 N–H and O–H groups in total. The molecule has 1 atom stereocenters. The summed E-state index contributed by atoms with van der Waals surface area (Å²) in [5.74, 6) is -0.0681. The average Bonchev–Trinajstić information content (AvgIpc) is 3.50. The Morgan fingerprint density at radius 2 is 2.06 bits per heavy atom. The van der Waals surface area contributed by atoms with E-state index in [0.29, 0.717) is 27.3 Å². The zero-order valence-corrected chi connectivity index (χ0v) is 19.4. The fraction of sp³-hybridized carbons (Fsp3) is 0.318. The average molecular weight is 473 g/mol. The fourth-order valence-corrected chi connectivity index (χ4v) is 4.53. The van der Waals surface area contributed by atoms with Gasteiger partial charge in [-0.25, -0.2) is 9.48 Å². The summed E-state index contributed by atoms with van der Waals surface area (Å²) in [4.78, 5) is 27.9. The zero-order chi connectivity index (χ0) is 22.7. The summed E-state index contributed by atoms with van der Waals surface area (Å²) >= 11 is 7.43. The molecular weight excluding hydrogens is 448 g/mol. The first-order valence-electron chi connectivity index (χ1n) is 10.4. The number of nitrogens with one attached hydrogen (secondary N) is 3. The number of urea groups is 1. The summed E-state index contributed by atoms with van der Waals surface area (Å²) in [6.45, 7) is 6.23. The number of hydrogen-bond acceptors (Lipinski definition) is 5. The van der Waals surface area contributed by atoms with Crippen molar-refractivity contribution in [3.8, 4) is 5.69 Å². The molecule has 0 bridgehead atoms. The van der Waals surface area contributed by atoms with Crippen LogP contribution in [0.4, 0.5) is 16.2 Å². The topological polar surface area (TPSA) is 91.3 Å². The second kappa shape index (κ2) is 9.72. The predicted molar refractivity (Wildman–Crippen MR) is 128 cm³/mol. The second-order valence-electron chi connectivity index (χ2n) is 7.95. The fourth-order valence-electron chi connectivity index (χ4n) is 3.57. The SMILES string of the molecule is CC(C)N1CC[C@H](NC(=O)c2cc(-n3cc(NC(=O)Nc4ccccc4Cl)cn3)cs2)C1. The van der Waals surface area contributed by atoms with Crippen molar-refractivity contribution in [3.05, 3.63) is 58.0 Å². The van der Waals surface area contributed by atoms with E-state index in [1.165, 1.54) is 11.3 Å². The Balaban J connectivity index is 1.34. The summed E-state index contributed by atoms with van der Waals surface area (Å²) in [7, 11) is 0. The number of hydrogen-bond donors (Lipinski definition) is 3. The van der Waals surface area contributed by atoms with Crippen LogP contribution in [-0.4, -0.2) is 51.8 Å². The van der Waals surface area contributed by atoms with Crippen molar-refractivity contribution < 1.29 is 9.59 Å². The largest absolute Gasteiger partial charge is 0.347 e. The van der Waals surface area contributed by atoms with Crippen molar-refractivity contribution in [2.24, 2.45) is 0 Å². The Hall–Kier alpha value is -2.88. The Morgan fingerprint density at radius 3 is 2.81 bits per heavy atom. The van der Waals surface area contributed by atoms with E-state index in [-0.39, 0.29) is 11.9 Å². The summed E-state index contributed by atoms with van der Waals surface area (Å²) in [5.41, 5.74) is 1.80. The normalized spacial score (nSPS) is 16.3. The number of anilines is 2. The van der Waals surface area contributed by atoms with E-state index in [1.807, 2.05) is 5.38 Å². The highest BCUT2D eigenvalue weighted by Gasteiger charge is 2.26. The van der Waals surface area contributed by atoms with Crippen LogP contribution in [0.1, 0.15) is 29.9 Å². The molecule has 3 amide bonds. The molecule has 1 saturated heterocycles. The van der Waals surface area contributed by atoms with Gasteiger partial charge in [-0.1, -0.05) is 23.7 Å². The molecule has 4 rings (SSSR count). The Morgan fingerprint density at radius 1 is 1.25 bits per heavy atom. The van der Waals surface area contributed by atoms with Crippen LogP contribution in [0, 0.1) is 0 Å². The van der Waals surface area contributed by atoms with Crippen LogP contribution in [0.2, 0.25) is 5.02 Å². The standard InChI is InChI=1S/C22H25ClN6O2S/c1-14(2)28-8-7-15(11-28)25-21(30)20-9-17(13-32-20)29-12-16(10-24-29)26-22(31)27-19-6-4-3-5-18(19)23/h3-6,9-10,12-15H,7-8,11H2,1-2H3,(H,25,30)(H2,26,27,31)/t15-/m0/s1. The molecule has 0 saturated carbocycles. The van der Waals surface area contributed by atoms with Crippen LogP contribution >= 0.6 is 22.9 Å². The molecule has 1 aromatic carbocycles. The maximum Gasteiger partial charge on any atom is 0.323 e. The molecule has 3 aromatic rings. The summed E-state index contributed by atoms with van der Waals surface area (Å²) in [6, 6.07) is 9.04. The first-order chi connectivity index (χ1) is 15.4. The van der Waals surface area contributed by atoms with Gasteiger partial charge in [0.15, 0.2) is 0 Å². The van der Waals surface area contributed by atoms with Crippen LogP contribution < -0.4 is 16.0 Å². The smallest absolute Gasteiger partial charge is 0.323 e. The molecule has 0 spiro atoms. The third-order valence-corrected chi connectivity index (χ3v) is 6.57. The van der Waals surface area contributed by atoms with Gasteiger partial charge >= 0.3 is 6.03 Å². The molecule has 0 unspecified atom stereocenters. The summed E-state index contributed by atoms with van der Waals surface area (Å²) in [5, 5.41) is 15.2. The summed E-state index contributed by atoms with van der Waals surface area (Å²) < 4.78 is 1.62. The van der Waals surface area contributed by atoms with Gasteiger partial charge in [-0.15, -0.1) is 11.3 Å². The van der Waals surface area contributed by atoms with Gasteiger partial charge in [0.25, 0.3) is 5.91 Å². The number of carbonyl (C=O) groups is 2. The van der Waals surface area contributed by atoms with Gasteiger partial charge in [0, 0.05) is 30.6 Å². The third kappa shape index (κ3) is 5.29. The van der Waals surface area contributed by atoms with E-state index in [9.17, 15) is 9.59 Å². The lowest BCUT2D eigenvalue weighted by molar-refractivity contribution is 0.0940. The first-order valence-corrected chi connectivity index (χ1v) is 11.7. The van der Waals surface area contributed by atoms with Crippen molar-refractivity contribution in [2.45, 2.75) is 32.4 Å². The number of rotatable bonds is 6. The molecule has 0 aliphatic carbocycles. The number of aromatic nitrogens is 2. The highest BCUT2D eigenvalue weighted by Crippen LogP contribution is 2.22. The first kappa shape index (κ1) is 22.3. The van der Waals surface area contributed by atoms with E-state index < -0.39 is 6.03 Å². The number of amides is 3. The molecule has 3 heterocycles. The van der Waals surface area contributed by atoms with Gasteiger partial charge < -0.3 is 16.0 Å². The minimum atomic E-state index is -0.421. The van der Waals surface area contributed by atoms with E-state index in [4.69, 9.17) is 11.6 Å². The van der Waals surface area contributed by atoms with Crippen LogP contribution in [0.3, 0.4) is 0 Å². The van der Waals surface area contributed by atoms with E-state index in [1.54, 1.807) is 47.4 Å². The number of thiophene rings is 1. The van der Waals surface area contributed by atoms with Crippen molar-refractivity contribution in [1.29, 1.82) is 0 Å². The number of carbonyl (C=O) groups excluding carboxylic acids is 2. The monoisotopic (exact) mass is 472 g/mol. The van der Waals surface area contributed by atoms with Crippen LogP contribution in [-0.2, 0) is 0 Å². The minimum absolute atomic E-state index is 0.0681. The lowest BCUT2D eigenvalue weighted by atomic mass is 10.2. The number of likely N-dealkylation sites (tertiary alicyclic amines) is 1. The molecule has 2 aromatic heterocycles. The van der Waals surface area contributed by atoms with Gasteiger partial charge in [-0.3, -0.25) is 9.69 Å². The lowest BCUT2D eigenvalue weighted by Crippen LogP contribution is -2.38. The van der Waals surface area contributed by atoms with E-state index in [0.717, 1.165) is 25.2 Å². The van der Waals surface area contributed by atoms with E-state index >= 15 is 0 Å². The predicted octanol–water partition coefficient (Wildman–Crippen LogP) is 4.44. The summed E-state index contributed by atoms with van der Waals surface area (Å²) in [6.07, 6.45) is 4.20. The molecule has 168 valence electrons. The molecular formula is C22H25ClN6O2S. The second-order valence-corrected chi connectivity index (χ2v) is 9.27. The Kier molecular flexibility index (Phi) is 6.78. The van der Waals surface area contributed by atoms with Crippen LogP contribution in [0.5, 0.6) is 0 Å². The number of halogens is 1. The van der Waals surface area contributed by atoms with E-state index in [2.05, 4.69) is 39.8 Å². The molecule has 1 aliphatic rings. The van der Waals surface area contributed by atoms with Crippen molar-refractivity contribution in [2.75, 3.05) is 23.7 Å². The third-order valence-electron chi connectivity index (χ3n) is 5.32. The maximum atomic E-state index is 12.6. The molecule has 32 heavy (non-hydrogen) atoms. The molecule has 8 nitrogen and oxygen atoms in total. The number of para-hydroxylation sites is 1. The molecule has 1 aliphatic heterocycles. The molecule has 0 radical (unpaired) electrons. The Bertz CT molecular complexity index is 1110. The number of nitrogens with zero attached hydrogens (tertiary/aromatic N) is 3. The zero-order valence-electron chi connectivity index (χ0n) is 17.8. The van der Waals surface area contributed by atoms with Crippen LogP contribution in [0.15, 0.2) is 48.1 Å². The van der Waals surface area contributed by atoms with Crippen LogP contribution in [0.25, 0.3) is 5.69 Å². The van der Waals surface area contributed by atoms with Crippen molar-refractivity contribution >= 4 is 46.3 Å². The van der Waals surface area contributed by atoms with Crippen molar-refractivity contribution in [1.82, 2.24) is 20.0 Å². The van der Waals surface area contributed by atoms with Gasteiger partial charge in [-0.05, 0) is 38.5 Å². The highest BCUT2D eigenvalue weighted by atomic mass is 35.5. The van der Waals surface area contributed by atoms with Gasteiger partial charge in [0.1, 0.15) is 0 Å². The quantitative estimate of drug-likeness (QED) is 0.494. The Labute approximate surface area is 195 Å². The highest BCUT2D eigenvalue weighted by molar-refractivity contribution is 7.12. The maximum absolute atomic E-state index is 12.6. The van der Waals surface area contributed by atoms with Gasteiger partial charge in [0.2, 0.25) is 0 Å².